The maximum absolute atomic E-state index is 5.17. The van der Waals surface area contributed by atoms with E-state index < -0.39 is 0 Å². The molecule has 2 rings (SSSR count). The number of hydrogen-bond donors (Lipinski definition) is 0. The lowest BCUT2D eigenvalue weighted by Crippen LogP contribution is -1.81. The minimum Gasteiger partial charge on any atom is -0.421 e. The summed E-state index contributed by atoms with van der Waals surface area (Å²) in [4.78, 5) is 7.66. The quantitative estimate of drug-likeness (QED) is 0.621. The van der Waals surface area contributed by atoms with Crippen LogP contribution in [0.15, 0.2) is 23.1 Å². The van der Waals surface area contributed by atoms with Gasteiger partial charge in [0.1, 0.15) is 6.33 Å². The maximum atomic E-state index is 5.17. The van der Waals surface area contributed by atoms with Crippen LogP contribution in [0.3, 0.4) is 0 Å². The van der Waals surface area contributed by atoms with E-state index in [-0.39, 0.29) is 0 Å². The molecule has 2 aromatic heterocycles. The van der Waals surface area contributed by atoms with Gasteiger partial charge in [-0.3, -0.25) is 0 Å². The maximum Gasteiger partial charge on any atom is 0.250 e. The summed E-state index contributed by atoms with van der Waals surface area (Å²) in [5.41, 5.74) is 0.734. The summed E-state index contributed by atoms with van der Waals surface area (Å²) in [5.74, 6) is 0.988. The summed E-state index contributed by atoms with van der Waals surface area (Å²) in [7, 11) is 0. The van der Waals surface area contributed by atoms with Crippen LogP contribution in [0.1, 0.15) is 5.89 Å². The molecule has 0 aliphatic rings. The van der Waals surface area contributed by atoms with Crippen molar-refractivity contribution < 1.29 is 4.42 Å². The van der Waals surface area contributed by atoms with Gasteiger partial charge in [0.2, 0.25) is 5.89 Å². The first-order valence-electron chi connectivity index (χ1n) is 3.42. The van der Waals surface area contributed by atoms with Gasteiger partial charge in [-0.15, -0.1) is 10.2 Å². The average Bonchev–Trinajstić information content (AvgIpc) is 2.54. The summed E-state index contributed by atoms with van der Waals surface area (Å²) < 4.78 is 5.17. The van der Waals surface area contributed by atoms with Crippen LogP contribution in [-0.2, 0) is 0 Å². The molecule has 0 radical (unpaired) electrons. The van der Waals surface area contributed by atoms with Crippen LogP contribution in [0, 0.1) is 6.92 Å². The van der Waals surface area contributed by atoms with E-state index in [2.05, 4.69) is 20.2 Å². The van der Waals surface area contributed by atoms with Gasteiger partial charge in [0.05, 0.1) is 5.56 Å². The number of aromatic nitrogens is 4. The lowest BCUT2D eigenvalue weighted by atomic mass is 10.3. The van der Waals surface area contributed by atoms with E-state index >= 15 is 0 Å². The van der Waals surface area contributed by atoms with Gasteiger partial charge in [-0.2, -0.15) is 0 Å². The average molecular weight is 162 g/mol. The van der Waals surface area contributed by atoms with E-state index in [1.807, 2.05) is 0 Å². The topological polar surface area (TPSA) is 64.7 Å². The standard InChI is InChI=1S/C7H6N4O/c1-5-10-11-7(12-5)6-2-8-4-9-3-6/h2-4H,1H3. The molecule has 2 aromatic rings. The SMILES string of the molecule is Cc1nnc(-c2cncnc2)o1. The van der Waals surface area contributed by atoms with E-state index in [0.29, 0.717) is 11.8 Å². The van der Waals surface area contributed by atoms with Gasteiger partial charge in [-0.1, -0.05) is 0 Å². The third-order valence-electron chi connectivity index (χ3n) is 1.33. The largest absolute Gasteiger partial charge is 0.421 e. The first-order valence-corrected chi connectivity index (χ1v) is 3.42. The second-order valence-electron chi connectivity index (χ2n) is 2.25. The molecule has 0 amide bonds. The number of nitrogens with zero attached hydrogens (tertiary/aromatic N) is 4. The van der Waals surface area contributed by atoms with E-state index in [4.69, 9.17) is 4.42 Å². The van der Waals surface area contributed by atoms with Crippen LogP contribution in [0.4, 0.5) is 0 Å². The zero-order valence-corrected chi connectivity index (χ0v) is 6.43. The Kier molecular flexibility index (Phi) is 1.55. The molecule has 0 atom stereocenters. The second kappa shape index (κ2) is 2.69. The smallest absolute Gasteiger partial charge is 0.250 e. The van der Waals surface area contributed by atoms with Crippen LogP contribution >= 0.6 is 0 Å². The molecule has 0 fully saturated rings. The molecule has 5 nitrogen and oxygen atoms in total. The van der Waals surface area contributed by atoms with Crippen molar-refractivity contribution >= 4 is 0 Å². The molecule has 0 saturated heterocycles. The highest BCUT2D eigenvalue weighted by Crippen LogP contribution is 2.13. The van der Waals surface area contributed by atoms with Gasteiger partial charge in [-0.25, -0.2) is 9.97 Å². The monoisotopic (exact) mass is 162 g/mol. The second-order valence-corrected chi connectivity index (χ2v) is 2.25. The molecule has 0 bridgehead atoms. The van der Waals surface area contributed by atoms with E-state index in [0.717, 1.165) is 5.56 Å². The van der Waals surface area contributed by atoms with Crippen LogP contribution in [-0.4, -0.2) is 20.2 Å². The highest BCUT2D eigenvalue weighted by Gasteiger charge is 2.04. The van der Waals surface area contributed by atoms with Crippen LogP contribution in [0.25, 0.3) is 11.5 Å². The molecule has 0 saturated carbocycles. The van der Waals surface area contributed by atoms with Crippen molar-refractivity contribution in [3.63, 3.8) is 0 Å². The highest BCUT2D eigenvalue weighted by molar-refractivity contribution is 5.48. The van der Waals surface area contributed by atoms with Crippen molar-refractivity contribution in [3.8, 4) is 11.5 Å². The highest BCUT2D eigenvalue weighted by atomic mass is 16.4. The molecule has 0 unspecified atom stereocenters. The molecule has 5 heteroatoms. The van der Waals surface area contributed by atoms with Gasteiger partial charge >= 0.3 is 0 Å². The fraction of sp³-hybridized carbons (Fsp3) is 0.143. The van der Waals surface area contributed by atoms with Gasteiger partial charge in [0, 0.05) is 19.3 Å². The molecule has 60 valence electrons. The Balaban J connectivity index is 2.45. The Bertz CT molecular complexity index is 370. The van der Waals surface area contributed by atoms with Crippen molar-refractivity contribution in [1.29, 1.82) is 0 Å². The lowest BCUT2D eigenvalue weighted by molar-refractivity contribution is 0.532. The summed E-state index contributed by atoms with van der Waals surface area (Å²) in [6.45, 7) is 1.74. The predicted octanol–water partition coefficient (Wildman–Crippen LogP) is 0.835. The fourth-order valence-electron chi connectivity index (χ4n) is 0.823. The number of hydrogen-bond acceptors (Lipinski definition) is 5. The van der Waals surface area contributed by atoms with Gasteiger partial charge in [0.25, 0.3) is 5.89 Å². The van der Waals surface area contributed by atoms with Gasteiger partial charge in [0.15, 0.2) is 0 Å². The zero-order chi connectivity index (χ0) is 8.39. The van der Waals surface area contributed by atoms with E-state index in [9.17, 15) is 0 Å². The molecule has 0 aliphatic carbocycles. The lowest BCUT2D eigenvalue weighted by Gasteiger charge is -1.89. The molecular weight excluding hydrogens is 156 g/mol. The fourth-order valence-corrected chi connectivity index (χ4v) is 0.823. The summed E-state index contributed by atoms with van der Waals surface area (Å²) in [6, 6.07) is 0. The Morgan fingerprint density at radius 3 is 2.50 bits per heavy atom. The molecule has 0 spiro atoms. The first-order chi connectivity index (χ1) is 5.86. The van der Waals surface area contributed by atoms with Crippen molar-refractivity contribution in [2.45, 2.75) is 6.92 Å². The summed E-state index contributed by atoms with van der Waals surface area (Å²) >= 11 is 0. The zero-order valence-electron chi connectivity index (χ0n) is 6.43. The molecule has 0 aromatic carbocycles. The van der Waals surface area contributed by atoms with Crippen molar-refractivity contribution in [1.82, 2.24) is 20.2 Å². The Hall–Kier alpha value is -1.78. The number of rotatable bonds is 1. The first kappa shape index (κ1) is 6.90. The Labute approximate surface area is 68.5 Å². The van der Waals surface area contributed by atoms with Crippen LogP contribution in [0.2, 0.25) is 0 Å². The molecular formula is C7H6N4O. The van der Waals surface area contributed by atoms with Crippen molar-refractivity contribution in [2.75, 3.05) is 0 Å². The van der Waals surface area contributed by atoms with Gasteiger partial charge < -0.3 is 4.42 Å². The van der Waals surface area contributed by atoms with Crippen molar-refractivity contribution in [2.24, 2.45) is 0 Å². The number of aryl methyl sites for hydroxylation is 1. The van der Waals surface area contributed by atoms with E-state index in [1.165, 1.54) is 6.33 Å². The normalized spacial score (nSPS) is 10.1. The summed E-state index contributed by atoms with van der Waals surface area (Å²) in [5, 5.41) is 7.51. The third kappa shape index (κ3) is 1.16. The molecule has 12 heavy (non-hydrogen) atoms. The molecule has 0 aliphatic heterocycles. The van der Waals surface area contributed by atoms with E-state index in [1.54, 1.807) is 19.3 Å². The third-order valence-corrected chi connectivity index (χ3v) is 1.33. The van der Waals surface area contributed by atoms with Crippen LogP contribution < -0.4 is 0 Å². The Morgan fingerprint density at radius 2 is 1.92 bits per heavy atom. The molecule has 0 N–H and O–H groups in total. The minimum atomic E-state index is 0.452. The minimum absolute atomic E-state index is 0.452. The predicted molar refractivity (Wildman–Crippen MR) is 40.1 cm³/mol. The Morgan fingerprint density at radius 1 is 1.17 bits per heavy atom. The van der Waals surface area contributed by atoms with Crippen LogP contribution in [0.5, 0.6) is 0 Å². The van der Waals surface area contributed by atoms with Gasteiger partial charge in [-0.05, 0) is 0 Å². The molecule has 2 heterocycles. The van der Waals surface area contributed by atoms with Crippen molar-refractivity contribution in [3.05, 3.63) is 24.6 Å². The summed E-state index contributed by atoms with van der Waals surface area (Å²) in [6.07, 6.45) is 4.70.